The monoisotopic (exact) mass is 416 g/mol. The number of rotatable bonds is 5. The molecule has 2 aromatic carbocycles. The Morgan fingerprint density at radius 2 is 1.60 bits per heavy atom. The molecule has 0 aliphatic carbocycles. The van der Waals surface area contributed by atoms with Crippen molar-refractivity contribution in [2.75, 3.05) is 13.7 Å². The fourth-order valence-corrected chi connectivity index (χ4v) is 3.59. The van der Waals surface area contributed by atoms with Gasteiger partial charge in [-0.2, -0.15) is 0 Å². The first-order valence-corrected chi connectivity index (χ1v) is 8.30. The third-order valence-electron chi connectivity index (χ3n) is 3.04. The number of hydrogen-bond donors (Lipinski definition) is 0. The Hall–Kier alpha value is -0.350. The van der Waals surface area contributed by atoms with Gasteiger partial charge >= 0.3 is 0 Å². The van der Waals surface area contributed by atoms with E-state index in [-0.39, 0.29) is 5.38 Å². The highest BCUT2D eigenvalue weighted by atomic mass is 79.9. The van der Waals surface area contributed by atoms with Crippen molar-refractivity contribution in [3.05, 3.63) is 68.1 Å². The maximum atomic E-state index is 6.57. The van der Waals surface area contributed by atoms with Crippen LogP contribution in [0, 0.1) is 0 Å². The van der Waals surface area contributed by atoms with Gasteiger partial charge in [0.05, 0.1) is 12.0 Å². The molecule has 0 heterocycles. The van der Waals surface area contributed by atoms with E-state index >= 15 is 0 Å². The lowest BCUT2D eigenvalue weighted by Crippen LogP contribution is -1.97. The lowest BCUT2D eigenvalue weighted by atomic mass is 10.0. The molecule has 1 nitrogen and oxygen atoms in total. The second-order valence-electron chi connectivity index (χ2n) is 4.55. The van der Waals surface area contributed by atoms with Crippen molar-refractivity contribution in [1.82, 2.24) is 0 Å². The third-order valence-corrected chi connectivity index (χ3v) is 4.46. The zero-order valence-corrected chi connectivity index (χ0v) is 15.0. The van der Waals surface area contributed by atoms with E-state index in [4.69, 9.17) is 16.3 Å². The van der Waals surface area contributed by atoms with Crippen molar-refractivity contribution < 1.29 is 4.74 Å². The van der Waals surface area contributed by atoms with Gasteiger partial charge in [0, 0.05) is 16.1 Å². The Labute approximate surface area is 141 Å². The lowest BCUT2D eigenvalue weighted by Gasteiger charge is -2.12. The molecule has 0 aromatic heterocycles. The first-order valence-electron chi connectivity index (χ1n) is 6.28. The molecule has 0 amide bonds. The van der Waals surface area contributed by atoms with Crippen molar-refractivity contribution >= 4 is 43.5 Å². The predicted octanol–water partition coefficient (Wildman–Crippen LogP) is 5.73. The smallest absolute Gasteiger partial charge is 0.0836 e. The molecule has 0 spiro atoms. The molecule has 0 fully saturated rings. The zero-order valence-electron chi connectivity index (χ0n) is 11.1. The minimum Gasteiger partial charge on any atom is -0.384 e. The van der Waals surface area contributed by atoms with Crippen LogP contribution in [0.15, 0.2) is 51.4 Å². The first-order chi connectivity index (χ1) is 9.60. The molecule has 0 bridgehead atoms. The quantitative estimate of drug-likeness (QED) is 0.564. The summed E-state index contributed by atoms with van der Waals surface area (Å²) >= 11 is 13.5. The molecule has 106 valence electrons. The standard InChI is InChI=1S/C16H15Br2ClO/c1-20-7-6-11-2-4-12(5-3-11)16(19)13-8-14(17)10-15(18)9-13/h2-5,8-10,16H,6-7H2,1H3. The summed E-state index contributed by atoms with van der Waals surface area (Å²) in [6.07, 6.45) is 0.923. The van der Waals surface area contributed by atoms with Gasteiger partial charge in [-0.25, -0.2) is 0 Å². The van der Waals surface area contributed by atoms with Crippen LogP contribution in [-0.4, -0.2) is 13.7 Å². The van der Waals surface area contributed by atoms with Crippen molar-refractivity contribution in [2.45, 2.75) is 11.8 Å². The second kappa shape index (κ2) is 7.60. The predicted molar refractivity (Wildman–Crippen MR) is 91.6 cm³/mol. The summed E-state index contributed by atoms with van der Waals surface area (Å²) in [5, 5.41) is -0.153. The molecule has 0 aliphatic rings. The maximum absolute atomic E-state index is 6.57. The van der Waals surface area contributed by atoms with Crippen LogP contribution in [0.1, 0.15) is 22.1 Å². The molecule has 4 heteroatoms. The van der Waals surface area contributed by atoms with Gasteiger partial charge in [-0.1, -0.05) is 56.1 Å². The van der Waals surface area contributed by atoms with Gasteiger partial charge in [-0.05, 0) is 41.3 Å². The molecule has 1 unspecified atom stereocenters. The van der Waals surface area contributed by atoms with Gasteiger partial charge in [0.2, 0.25) is 0 Å². The summed E-state index contributed by atoms with van der Waals surface area (Å²) in [5.74, 6) is 0. The Bertz CT molecular complexity index is 549. The fourth-order valence-electron chi connectivity index (χ4n) is 1.99. The van der Waals surface area contributed by atoms with E-state index in [0.29, 0.717) is 0 Å². The number of benzene rings is 2. The Kier molecular flexibility index (Phi) is 6.09. The molecule has 0 N–H and O–H groups in total. The summed E-state index contributed by atoms with van der Waals surface area (Å²) in [6.45, 7) is 0.738. The van der Waals surface area contributed by atoms with Gasteiger partial charge in [-0.15, -0.1) is 11.6 Å². The molecule has 0 radical (unpaired) electrons. The summed E-state index contributed by atoms with van der Waals surface area (Å²) in [7, 11) is 1.72. The molecule has 0 saturated carbocycles. The van der Waals surface area contributed by atoms with Crippen LogP contribution < -0.4 is 0 Å². The lowest BCUT2D eigenvalue weighted by molar-refractivity contribution is 0.202. The average molecular weight is 419 g/mol. The molecular weight excluding hydrogens is 403 g/mol. The molecular formula is C16H15Br2ClO. The van der Waals surface area contributed by atoms with E-state index in [1.54, 1.807) is 7.11 Å². The van der Waals surface area contributed by atoms with Gasteiger partial charge in [0.15, 0.2) is 0 Å². The SMILES string of the molecule is COCCc1ccc(C(Cl)c2cc(Br)cc(Br)c2)cc1. The van der Waals surface area contributed by atoms with E-state index in [2.05, 4.69) is 56.1 Å². The number of halogens is 3. The topological polar surface area (TPSA) is 9.23 Å². The van der Waals surface area contributed by atoms with E-state index < -0.39 is 0 Å². The zero-order chi connectivity index (χ0) is 14.5. The van der Waals surface area contributed by atoms with Gasteiger partial charge in [0.1, 0.15) is 0 Å². The van der Waals surface area contributed by atoms with Crippen molar-refractivity contribution in [3.8, 4) is 0 Å². The van der Waals surface area contributed by atoms with Crippen LogP contribution in [0.4, 0.5) is 0 Å². The van der Waals surface area contributed by atoms with E-state index in [1.807, 2.05) is 18.2 Å². The van der Waals surface area contributed by atoms with Crippen LogP contribution in [-0.2, 0) is 11.2 Å². The number of ether oxygens (including phenoxy) is 1. The van der Waals surface area contributed by atoms with Crippen LogP contribution in [0.2, 0.25) is 0 Å². The van der Waals surface area contributed by atoms with Crippen LogP contribution in [0.3, 0.4) is 0 Å². The Balaban J connectivity index is 2.17. The normalized spacial score (nSPS) is 12.4. The van der Waals surface area contributed by atoms with Crippen molar-refractivity contribution in [3.63, 3.8) is 0 Å². The maximum Gasteiger partial charge on any atom is 0.0836 e. The van der Waals surface area contributed by atoms with E-state index in [0.717, 1.165) is 33.1 Å². The molecule has 2 aromatic rings. The minimum atomic E-state index is -0.153. The van der Waals surface area contributed by atoms with Gasteiger partial charge in [0.25, 0.3) is 0 Å². The summed E-state index contributed by atoms with van der Waals surface area (Å²) in [6, 6.07) is 14.5. The molecule has 20 heavy (non-hydrogen) atoms. The number of hydrogen-bond acceptors (Lipinski definition) is 1. The highest BCUT2D eigenvalue weighted by Gasteiger charge is 2.12. The second-order valence-corrected chi connectivity index (χ2v) is 6.82. The van der Waals surface area contributed by atoms with E-state index in [1.165, 1.54) is 5.56 Å². The van der Waals surface area contributed by atoms with Crippen LogP contribution >= 0.6 is 43.5 Å². The number of methoxy groups -OCH3 is 1. The summed E-state index contributed by atoms with van der Waals surface area (Å²) in [5.41, 5.74) is 3.42. The van der Waals surface area contributed by atoms with Crippen molar-refractivity contribution in [1.29, 1.82) is 0 Å². The van der Waals surface area contributed by atoms with E-state index in [9.17, 15) is 0 Å². The highest BCUT2D eigenvalue weighted by Crippen LogP contribution is 2.32. The number of alkyl halides is 1. The first kappa shape index (κ1) is 16.0. The summed E-state index contributed by atoms with van der Waals surface area (Å²) < 4.78 is 7.12. The van der Waals surface area contributed by atoms with Gasteiger partial charge < -0.3 is 4.74 Å². The molecule has 0 saturated heterocycles. The minimum absolute atomic E-state index is 0.153. The fraction of sp³-hybridized carbons (Fsp3) is 0.250. The van der Waals surface area contributed by atoms with Crippen LogP contribution in [0.5, 0.6) is 0 Å². The van der Waals surface area contributed by atoms with Crippen LogP contribution in [0.25, 0.3) is 0 Å². The van der Waals surface area contributed by atoms with Crippen molar-refractivity contribution in [2.24, 2.45) is 0 Å². The highest BCUT2D eigenvalue weighted by molar-refractivity contribution is 9.11. The third kappa shape index (κ3) is 4.32. The Morgan fingerprint density at radius 1 is 1.00 bits per heavy atom. The largest absolute Gasteiger partial charge is 0.384 e. The summed E-state index contributed by atoms with van der Waals surface area (Å²) in [4.78, 5) is 0. The van der Waals surface area contributed by atoms with Gasteiger partial charge in [-0.3, -0.25) is 0 Å². The molecule has 1 atom stereocenters. The average Bonchev–Trinajstić information content (AvgIpc) is 2.44. The molecule has 2 rings (SSSR count). The Morgan fingerprint density at radius 3 is 2.15 bits per heavy atom. The molecule has 0 aliphatic heterocycles.